The molecule has 0 saturated heterocycles. The first-order valence-electron chi connectivity index (χ1n) is 6.52. The molecule has 20 heavy (non-hydrogen) atoms. The van der Waals surface area contributed by atoms with E-state index in [0.29, 0.717) is 16.9 Å². The molecule has 1 saturated carbocycles. The number of nitrogens with one attached hydrogen (secondary N) is 1. The molecule has 1 aliphatic rings. The van der Waals surface area contributed by atoms with Gasteiger partial charge in [-0.2, -0.15) is 0 Å². The third-order valence-corrected chi connectivity index (χ3v) is 3.76. The minimum absolute atomic E-state index is 0.628. The molecule has 1 fully saturated rings. The van der Waals surface area contributed by atoms with Gasteiger partial charge in [0.2, 0.25) is 5.88 Å². The van der Waals surface area contributed by atoms with Crippen LogP contribution in [0, 0.1) is 0 Å². The van der Waals surface area contributed by atoms with Crippen LogP contribution >= 0.6 is 27.5 Å². The van der Waals surface area contributed by atoms with Gasteiger partial charge in [0, 0.05) is 33.8 Å². The molecular weight excluding hydrogens is 340 g/mol. The molecule has 5 heteroatoms. The van der Waals surface area contributed by atoms with Crippen LogP contribution in [0.3, 0.4) is 0 Å². The van der Waals surface area contributed by atoms with E-state index in [1.165, 1.54) is 12.8 Å². The van der Waals surface area contributed by atoms with Crippen molar-refractivity contribution >= 4 is 27.5 Å². The summed E-state index contributed by atoms with van der Waals surface area (Å²) in [4.78, 5) is 4.35. The van der Waals surface area contributed by atoms with E-state index in [9.17, 15) is 0 Å². The van der Waals surface area contributed by atoms with Gasteiger partial charge in [-0.1, -0.05) is 11.6 Å². The number of pyridine rings is 1. The van der Waals surface area contributed by atoms with Gasteiger partial charge < -0.3 is 10.1 Å². The van der Waals surface area contributed by atoms with E-state index >= 15 is 0 Å². The zero-order chi connectivity index (χ0) is 13.9. The van der Waals surface area contributed by atoms with Crippen LogP contribution in [0.4, 0.5) is 0 Å². The number of hydrogen-bond donors (Lipinski definition) is 1. The SMILES string of the molecule is Clc1ccc(Oc2ncc(Br)cc2CNC2CC2)cc1. The summed E-state index contributed by atoms with van der Waals surface area (Å²) in [5.74, 6) is 1.36. The highest BCUT2D eigenvalue weighted by Gasteiger charge is 2.21. The lowest BCUT2D eigenvalue weighted by Gasteiger charge is -2.11. The highest BCUT2D eigenvalue weighted by Crippen LogP contribution is 2.27. The molecule has 0 atom stereocenters. The van der Waals surface area contributed by atoms with Gasteiger partial charge in [-0.05, 0) is 59.1 Å². The quantitative estimate of drug-likeness (QED) is 0.857. The highest BCUT2D eigenvalue weighted by atomic mass is 79.9. The normalized spacial score (nSPS) is 14.3. The molecule has 2 aromatic rings. The smallest absolute Gasteiger partial charge is 0.223 e. The first kappa shape index (κ1) is 13.9. The largest absolute Gasteiger partial charge is 0.439 e. The van der Waals surface area contributed by atoms with Crippen molar-refractivity contribution in [1.82, 2.24) is 10.3 Å². The number of rotatable bonds is 5. The molecule has 0 bridgehead atoms. The van der Waals surface area contributed by atoms with Crippen molar-refractivity contribution in [3.8, 4) is 11.6 Å². The second-order valence-electron chi connectivity index (χ2n) is 4.83. The molecule has 0 spiro atoms. The second-order valence-corrected chi connectivity index (χ2v) is 6.18. The second kappa shape index (κ2) is 6.12. The maximum absolute atomic E-state index is 5.87. The molecule has 1 N–H and O–H groups in total. The van der Waals surface area contributed by atoms with Gasteiger partial charge in [0.25, 0.3) is 0 Å². The van der Waals surface area contributed by atoms with Crippen LogP contribution in [-0.2, 0) is 6.54 Å². The van der Waals surface area contributed by atoms with Gasteiger partial charge >= 0.3 is 0 Å². The van der Waals surface area contributed by atoms with Crippen molar-refractivity contribution in [1.29, 1.82) is 0 Å². The Hall–Kier alpha value is -1.10. The van der Waals surface area contributed by atoms with Crippen molar-refractivity contribution < 1.29 is 4.74 Å². The average molecular weight is 354 g/mol. The van der Waals surface area contributed by atoms with Gasteiger partial charge in [-0.15, -0.1) is 0 Å². The van der Waals surface area contributed by atoms with Gasteiger partial charge in [0.15, 0.2) is 0 Å². The lowest BCUT2D eigenvalue weighted by molar-refractivity contribution is 0.452. The number of ether oxygens (including phenoxy) is 1. The zero-order valence-corrected chi connectivity index (χ0v) is 13.1. The molecule has 1 aromatic heterocycles. The molecule has 0 unspecified atom stereocenters. The first-order valence-corrected chi connectivity index (χ1v) is 7.69. The summed E-state index contributed by atoms with van der Waals surface area (Å²) in [6.45, 7) is 0.764. The molecule has 0 amide bonds. The summed E-state index contributed by atoms with van der Waals surface area (Å²) in [6, 6.07) is 9.97. The molecule has 1 aromatic carbocycles. The van der Waals surface area contributed by atoms with Gasteiger partial charge in [0.05, 0.1) is 0 Å². The van der Waals surface area contributed by atoms with Crippen LogP contribution in [0.15, 0.2) is 41.0 Å². The molecular formula is C15H14BrClN2O. The van der Waals surface area contributed by atoms with Crippen LogP contribution in [-0.4, -0.2) is 11.0 Å². The van der Waals surface area contributed by atoms with Crippen LogP contribution in [0.2, 0.25) is 5.02 Å². The Morgan fingerprint density at radius 3 is 2.75 bits per heavy atom. The fourth-order valence-corrected chi connectivity index (χ4v) is 2.35. The first-order chi connectivity index (χ1) is 9.70. The third kappa shape index (κ3) is 3.72. The fraction of sp³-hybridized carbons (Fsp3) is 0.267. The molecule has 1 aliphatic carbocycles. The summed E-state index contributed by atoms with van der Waals surface area (Å²) in [5.41, 5.74) is 1.04. The summed E-state index contributed by atoms with van der Waals surface area (Å²) in [6.07, 6.45) is 4.26. The Morgan fingerprint density at radius 1 is 1.30 bits per heavy atom. The predicted molar refractivity (Wildman–Crippen MR) is 83.3 cm³/mol. The number of hydrogen-bond acceptors (Lipinski definition) is 3. The highest BCUT2D eigenvalue weighted by molar-refractivity contribution is 9.10. The van der Waals surface area contributed by atoms with E-state index in [2.05, 4.69) is 26.2 Å². The van der Waals surface area contributed by atoms with Gasteiger partial charge in [-0.25, -0.2) is 4.98 Å². The Bertz CT molecular complexity index is 599. The van der Waals surface area contributed by atoms with Crippen LogP contribution in [0.1, 0.15) is 18.4 Å². The van der Waals surface area contributed by atoms with Crippen molar-refractivity contribution in [3.05, 3.63) is 51.6 Å². The van der Waals surface area contributed by atoms with E-state index in [1.54, 1.807) is 18.3 Å². The topological polar surface area (TPSA) is 34.1 Å². The maximum atomic E-state index is 5.87. The standard InChI is InChI=1S/C15H14BrClN2O/c16-11-7-10(8-18-13-3-4-13)15(19-9-11)20-14-5-1-12(17)2-6-14/h1-2,5-7,9,13,18H,3-4,8H2. The van der Waals surface area contributed by atoms with E-state index in [1.807, 2.05) is 18.2 Å². The summed E-state index contributed by atoms with van der Waals surface area (Å²) >= 11 is 9.32. The van der Waals surface area contributed by atoms with Crippen LogP contribution in [0.5, 0.6) is 11.6 Å². The van der Waals surface area contributed by atoms with Crippen molar-refractivity contribution in [2.24, 2.45) is 0 Å². The van der Waals surface area contributed by atoms with Crippen molar-refractivity contribution in [3.63, 3.8) is 0 Å². The lowest BCUT2D eigenvalue weighted by atomic mass is 10.2. The Balaban J connectivity index is 1.77. The lowest BCUT2D eigenvalue weighted by Crippen LogP contribution is -2.16. The molecule has 0 radical (unpaired) electrons. The maximum Gasteiger partial charge on any atom is 0.223 e. The molecule has 1 heterocycles. The minimum atomic E-state index is 0.628. The monoisotopic (exact) mass is 352 g/mol. The number of aromatic nitrogens is 1. The predicted octanol–water partition coefficient (Wildman–Crippen LogP) is 4.54. The molecule has 3 nitrogen and oxygen atoms in total. The average Bonchev–Trinajstić information content (AvgIpc) is 3.25. The molecule has 0 aliphatic heterocycles. The Morgan fingerprint density at radius 2 is 2.05 bits per heavy atom. The van der Waals surface area contributed by atoms with Crippen LogP contribution in [0.25, 0.3) is 0 Å². The van der Waals surface area contributed by atoms with E-state index < -0.39 is 0 Å². The fourth-order valence-electron chi connectivity index (χ4n) is 1.84. The summed E-state index contributed by atoms with van der Waals surface area (Å²) < 4.78 is 6.79. The Kier molecular flexibility index (Phi) is 4.24. The number of halogens is 2. The number of benzene rings is 1. The molecule has 3 rings (SSSR count). The van der Waals surface area contributed by atoms with Crippen molar-refractivity contribution in [2.75, 3.05) is 0 Å². The summed E-state index contributed by atoms with van der Waals surface area (Å²) in [7, 11) is 0. The van der Waals surface area contributed by atoms with Gasteiger partial charge in [0.1, 0.15) is 5.75 Å². The molecule has 104 valence electrons. The zero-order valence-electron chi connectivity index (χ0n) is 10.8. The van der Waals surface area contributed by atoms with Crippen molar-refractivity contribution in [2.45, 2.75) is 25.4 Å². The number of nitrogens with zero attached hydrogens (tertiary/aromatic N) is 1. The Labute approximate surface area is 131 Å². The van der Waals surface area contributed by atoms with Crippen LogP contribution < -0.4 is 10.1 Å². The van der Waals surface area contributed by atoms with Gasteiger partial charge in [-0.3, -0.25) is 0 Å². The minimum Gasteiger partial charge on any atom is -0.439 e. The van der Waals surface area contributed by atoms with E-state index in [4.69, 9.17) is 16.3 Å². The van der Waals surface area contributed by atoms with E-state index in [-0.39, 0.29) is 0 Å². The van der Waals surface area contributed by atoms with E-state index in [0.717, 1.165) is 22.3 Å². The summed E-state index contributed by atoms with van der Waals surface area (Å²) in [5, 5.41) is 4.16. The third-order valence-electron chi connectivity index (χ3n) is 3.08.